The number of carbonyl (C=O) groups excluding carboxylic acids is 1. The largest absolute Gasteiger partial charge is 0.495 e. The van der Waals surface area contributed by atoms with E-state index >= 15 is 0 Å². The van der Waals surface area contributed by atoms with Crippen LogP contribution in [-0.2, 0) is 35.2 Å². The van der Waals surface area contributed by atoms with Crippen LogP contribution >= 0.6 is 0 Å². The van der Waals surface area contributed by atoms with Crippen LogP contribution in [0.4, 0.5) is 10.5 Å². The second kappa shape index (κ2) is 10.8. The van der Waals surface area contributed by atoms with Crippen LogP contribution in [0.2, 0.25) is 0 Å². The van der Waals surface area contributed by atoms with Crippen molar-refractivity contribution < 1.29 is 27.4 Å². The van der Waals surface area contributed by atoms with E-state index in [1.54, 1.807) is 33.3 Å². The van der Waals surface area contributed by atoms with Gasteiger partial charge in [-0.05, 0) is 66.8 Å². The van der Waals surface area contributed by atoms with E-state index in [1.807, 2.05) is 36.4 Å². The van der Waals surface area contributed by atoms with Gasteiger partial charge in [-0.3, -0.25) is 10.2 Å². The zero-order valence-electron chi connectivity index (χ0n) is 21.1. The zero-order valence-corrected chi connectivity index (χ0v) is 21.9. The van der Waals surface area contributed by atoms with E-state index in [-0.39, 0.29) is 6.04 Å². The number of amides is 1. The summed E-state index contributed by atoms with van der Waals surface area (Å²) in [5, 5.41) is 2.79. The third-order valence-electron chi connectivity index (χ3n) is 6.85. The first-order valence-corrected chi connectivity index (χ1v) is 13.3. The maximum Gasteiger partial charge on any atom is 0.411 e. The molecule has 2 atom stereocenters. The first kappa shape index (κ1) is 25.1. The Morgan fingerprint density at radius 3 is 2.57 bits per heavy atom. The summed E-state index contributed by atoms with van der Waals surface area (Å²) in [5.74, 6) is 1.68. The lowest BCUT2D eigenvalue weighted by Gasteiger charge is -2.42. The second-order valence-electron chi connectivity index (χ2n) is 8.90. The van der Waals surface area contributed by atoms with Crippen molar-refractivity contribution in [3.63, 3.8) is 0 Å². The van der Waals surface area contributed by atoms with Crippen molar-refractivity contribution in [2.75, 3.05) is 32.7 Å². The Balaban J connectivity index is 1.46. The molecule has 0 bridgehead atoms. The van der Waals surface area contributed by atoms with Crippen LogP contribution in [0, 0.1) is 0 Å². The Labute approximate surface area is 219 Å². The standard InChI is InChI=1S/C28H30N2O6S/c1-4-35-28(31)29-23-14-19-12-13-30-17-22-18(15-24(30)21(19)16-26(23)34-3)10-11-25(33-2)27(22)36-37(32)20-8-6-5-7-9-20/h5-11,14,16,24H,4,12-13,15,17H2,1-3H3,(H,29,31). The minimum Gasteiger partial charge on any atom is -0.495 e. The first-order valence-electron chi connectivity index (χ1n) is 12.2. The minimum atomic E-state index is -1.66. The number of benzene rings is 3. The van der Waals surface area contributed by atoms with E-state index < -0.39 is 17.2 Å². The smallest absolute Gasteiger partial charge is 0.411 e. The van der Waals surface area contributed by atoms with Gasteiger partial charge in [-0.15, -0.1) is 0 Å². The zero-order chi connectivity index (χ0) is 25.9. The van der Waals surface area contributed by atoms with Gasteiger partial charge in [0, 0.05) is 24.7 Å². The van der Waals surface area contributed by atoms with E-state index in [4.69, 9.17) is 18.4 Å². The van der Waals surface area contributed by atoms with Gasteiger partial charge in [-0.1, -0.05) is 24.3 Å². The van der Waals surface area contributed by atoms with E-state index in [1.165, 1.54) is 11.1 Å². The second-order valence-corrected chi connectivity index (χ2v) is 10.0. The van der Waals surface area contributed by atoms with Gasteiger partial charge in [0.1, 0.15) is 5.75 Å². The molecule has 0 saturated carbocycles. The maximum absolute atomic E-state index is 13.0. The highest BCUT2D eigenvalue weighted by atomic mass is 32.2. The molecule has 0 saturated heterocycles. The number of ether oxygens (including phenoxy) is 3. The molecule has 2 heterocycles. The summed E-state index contributed by atoms with van der Waals surface area (Å²) in [7, 11) is 3.19. The van der Waals surface area contributed by atoms with Gasteiger partial charge in [-0.2, -0.15) is 0 Å². The molecule has 8 nitrogen and oxygen atoms in total. The fourth-order valence-electron chi connectivity index (χ4n) is 5.09. The van der Waals surface area contributed by atoms with Gasteiger partial charge in [0.05, 0.1) is 31.4 Å². The van der Waals surface area contributed by atoms with Crippen LogP contribution in [0.1, 0.15) is 35.2 Å². The number of carbonyl (C=O) groups is 1. The summed E-state index contributed by atoms with van der Waals surface area (Å²) in [5.41, 5.74) is 5.08. The predicted molar refractivity (Wildman–Crippen MR) is 141 cm³/mol. The summed E-state index contributed by atoms with van der Waals surface area (Å²) in [6, 6.07) is 17.2. The van der Waals surface area contributed by atoms with E-state index in [0.29, 0.717) is 41.0 Å². The molecule has 0 fully saturated rings. The van der Waals surface area contributed by atoms with Crippen molar-refractivity contribution in [1.82, 2.24) is 4.90 Å². The Morgan fingerprint density at radius 1 is 1.05 bits per heavy atom. The maximum atomic E-state index is 13.0. The molecule has 9 heteroatoms. The molecule has 0 spiro atoms. The molecular weight excluding hydrogens is 492 g/mol. The molecule has 0 aromatic heterocycles. The first-order chi connectivity index (χ1) is 18.0. The number of methoxy groups -OCH3 is 2. The lowest BCUT2D eigenvalue weighted by atomic mass is 9.83. The molecule has 0 radical (unpaired) electrons. The van der Waals surface area contributed by atoms with Crippen molar-refractivity contribution in [2.45, 2.75) is 37.2 Å². The Hall–Kier alpha value is -3.56. The summed E-state index contributed by atoms with van der Waals surface area (Å²) >= 11 is -1.66. The van der Waals surface area contributed by atoms with Gasteiger partial charge in [-0.25, -0.2) is 9.00 Å². The number of rotatable bonds is 7. The average Bonchev–Trinajstić information content (AvgIpc) is 2.92. The van der Waals surface area contributed by atoms with Gasteiger partial charge < -0.3 is 18.4 Å². The van der Waals surface area contributed by atoms with Gasteiger partial charge in [0.25, 0.3) is 0 Å². The van der Waals surface area contributed by atoms with Gasteiger partial charge in [0.15, 0.2) is 11.5 Å². The van der Waals surface area contributed by atoms with Gasteiger partial charge in [0.2, 0.25) is 11.1 Å². The molecule has 3 aromatic carbocycles. The molecule has 2 aliphatic heterocycles. The van der Waals surface area contributed by atoms with E-state index in [9.17, 15) is 9.00 Å². The summed E-state index contributed by atoms with van der Waals surface area (Å²) < 4.78 is 35.3. The number of nitrogens with one attached hydrogen (secondary N) is 1. The van der Waals surface area contributed by atoms with Crippen LogP contribution in [-0.4, -0.2) is 42.6 Å². The quantitative estimate of drug-likeness (QED) is 0.466. The predicted octanol–water partition coefficient (Wildman–Crippen LogP) is 5.03. The molecule has 37 heavy (non-hydrogen) atoms. The molecule has 2 aliphatic rings. The van der Waals surface area contributed by atoms with Crippen LogP contribution in [0.3, 0.4) is 0 Å². The molecule has 2 unspecified atom stereocenters. The summed E-state index contributed by atoms with van der Waals surface area (Å²) in [6.07, 6.45) is 1.08. The Bertz CT molecular complexity index is 1330. The fraction of sp³-hybridized carbons (Fsp3) is 0.321. The molecule has 5 rings (SSSR count). The van der Waals surface area contributed by atoms with Crippen LogP contribution < -0.4 is 19.0 Å². The van der Waals surface area contributed by atoms with Gasteiger partial charge >= 0.3 is 6.09 Å². The van der Waals surface area contributed by atoms with Crippen molar-refractivity contribution in [2.24, 2.45) is 0 Å². The SMILES string of the molecule is CCOC(=O)Nc1cc2c(cc1OC)C1Cc3ccc(OC)c(OS(=O)c4ccccc4)c3CN1CC2. The van der Waals surface area contributed by atoms with Crippen molar-refractivity contribution in [1.29, 1.82) is 0 Å². The molecule has 0 aliphatic carbocycles. The normalized spacial score (nSPS) is 17.0. The van der Waals surface area contributed by atoms with Crippen molar-refractivity contribution >= 4 is 22.9 Å². The van der Waals surface area contributed by atoms with Crippen LogP contribution in [0.15, 0.2) is 59.5 Å². The molecule has 194 valence electrons. The lowest BCUT2D eigenvalue weighted by molar-refractivity contribution is 0.159. The average molecular weight is 523 g/mol. The Morgan fingerprint density at radius 2 is 1.84 bits per heavy atom. The number of anilines is 1. The number of fused-ring (bicyclic) bond motifs is 4. The fourth-order valence-corrected chi connectivity index (χ4v) is 5.90. The van der Waals surface area contributed by atoms with Crippen molar-refractivity contribution in [3.05, 3.63) is 76.9 Å². The highest BCUT2D eigenvalue weighted by molar-refractivity contribution is 7.80. The Kier molecular flexibility index (Phi) is 7.34. The van der Waals surface area contributed by atoms with E-state index in [2.05, 4.69) is 16.3 Å². The number of nitrogens with zero attached hydrogens (tertiary/aromatic N) is 1. The highest BCUT2D eigenvalue weighted by Gasteiger charge is 2.35. The summed E-state index contributed by atoms with van der Waals surface area (Å²) in [4.78, 5) is 15.0. The molecular formula is C28H30N2O6S. The third-order valence-corrected chi connectivity index (χ3v) is 7.83. The minimum absolute atomic E-state index is 0.141. The topological polar surface area (TPSA) is 86.3 Å². The molecule has 1 N–H and O–H groups in total. The van der Waals surface area contributed by atoms with Crippen LogP contribution in [0.5, 0.6) is 17.2 Å². The third kappa shape index (κ3) is 5.01. The summed E-state index contributed by atoms with van der Waals surface area (Å²) in [6.45, 7) is 3.54. The monoisotopic (exact) mass is 522 g/mol. The number of hydrogen-bond donors (Lipinski definition) is 1. The highest BCUT2D eigenvalue weighted by Crippen LogP contribution is 2.46. The number of hydrogen-bond acceptors (Lipinski definition) is 7. The van der Waals surface area contributed by atoms with Crippen LogP contribution in [0.25, 0.3) is 0 Å². The molecule has 3 aromatic rings. The lowest BCUT2D eigenvalue weighted by Crippen LogP contribution is -2.39. The molecule has 1 amide bonds. The van der Waals surface area contributed by atoms with Crippen molar-refractivity contribution in [3.8, 4) is 17.2 Å². The van der Waals surface area contributed by atoms with E-state index in [0.717, 1.165) is 30.5 Å².